The van der Waals surface area contributed by atoms with Gasteiger partial charge in [-0.15, -0.1) is 0 Å². The van der Waals surface area contributed by atoms with Crippen molar-refractivity contribution in [3.05, 3.63) is 63.1 Å². The molecule has 2 rings (SSSR count). The second-order valence-electron chi connectivity index (χ2n) is 4.41. The minimum absolute atomic E-state index is 0.0864. The van der Waals surface area contributed by atoms with Crippen LogP contribution in [0.5, 0.6) is 0 Å². The van der Waals surface area contributed by atoms with Gasteiger partial charge in [-0.05, 0) is 36.8 Å². The number of hydrogen-bond acceptors (Lipinski definition) is 3. The van der Waals surface area contributed by atoms with Gasteiger partial charge in [0.2, 0.25) is 0 Å². The highest BCUT2D eigenvalue weighted by Crippen LogP contribution is 2.22. The van der Waals surface area contributed by atoms with E-state index in [0.717, 1.165) is 11.1 Å². The molecule has 0 aliphatic carbocycles. The maximum absolute atomic E-state index is 12.0. The zero-order valence-corrected chi connectivity index (χ0v) is 12.3. The van der Waals surface area contributed by atoms with Crippen molar-refractivity contribution in [2.24, 2.45) is 0 Å². The zero-order valence-electron chi connectivity index (χ0n) is 10.8. The number of aryl methyl sites for hydroxylation is 1. The summed E-state index contributed by atoms with van der Waals surface area (Å²) >= 11 is 12.0. The van der Waals surface area contributed by atoms with E-state index in [-0.39, 0.29) is 12.2 Å². The van der Waals surface area contributed by atoms with Gasteiger partial charge in [0.25, 0.3) is 0 Å². The molecule has 0 unspecified atom stereocenters. The molecule has 104 valence electrons. The van der Waals surface area contributed by atoms with Crippen LogP contribution in [0.3, 0.4) is 0 Å². The van der Waals surface area contributed by atoms with Crippen molar-refractivity contribution in [3.63, 3.8) is 0 Å². The molecule has 0 aliphatic rings. The molecule has 0 amide bonds. The van der Waals surface area contributed by atoms with Gasteiger partial charge in [-0.3, -0.25) is 0 Å². The number of nitrogens with two attached hydrogens (primary N) is 1. The van der Waals surface area contributed by atoms with Crippen molar-refractivity contribution >= 4 is 34.9 Å². The van der Waals surface area contributed by atoms with Gasteiger partial charge in [-0.2, -0.15) is 0 Å². The third-order valence-electron chi connectivity index (χ3n) is 2.78. The molecule has 0 radical (unpaired) electrons. The third kappa shape index (κ3) is 3.44. The topological polar surface area (TPSA) is 52.3 Å². The minimum Gasteiger partial charge on any atom is -0.457 e. The monoisotopic (exact) mass is 309 g/mol. The number of hydrogen-bond donors (Lipinski definition) is 1. The van der Waals surface area contributed by atoms with Crippen LogP contribution >= 0.6 is 23.2 Å². The lowest BCUT2D eigenvalue weighted by Crippen LogP contribution is -2.07. The quantitative estimate of drug-likeness (QED) is 0.681. The number of halogens is 2. The SMILES string of the molecule is Cc1ccc(COC(=O)c2cc(N)ccc2Cl)c(Cl)c1. The lowest BCUT2D eigenvalue weighted by Gasteiger charge is -2.08. The van der Waals surface area contributed by atoms with E-state index in [0.29, 0.717) is 15.7 Å². The number of carbonyl (C=O) groups is 1. The average molecular weight is 310 g/mol. The van der Waals surface area contributed by atoms with Crippen LogP contribution in [0.25, 0.3) is 0 Å². The smallest absolute Gasteiger partial charge is 0.340 e. The lowest BCUT2D eigenvalue weighted by molar-refractivity contribution is 0.0473. The first-order valence-corrected chi connectivity index (χ1v) is 6.70. The first-order chi connectivity index (χ1) is 9.47. The van der Waals surface area contributed by atoms with E-state index in [1.165, 1.54) is 6.07 Å². The lowest BCUT2D eigenvalue weighted by atomic mass is 10.1. The number of esters is 1. The summed E-state index contributed by atoms with van der Waals surface area (Å²) in [6, 6.07) is 10.2. The Kier molecular flexibility index (Phi) is 4.53. The Morgan fingerprint density at radius 3 is 2.60 bits per heavy atom. The molecule has 20 heavy (non-hydrogen) atoms. The predicted molar refractivity (Wildman–Crippen MR) is 81.2 cm³/mol. The number of nitrogen functional groups attached to an aromatic ring is 1. The van der Waals surface area contributed by atoms with Crippen LogP contribution in [0.4, 0.5) is 5.69 Å². The Bertz CT molecular complexity index is 656. The van der Waals surface area contributed by atoms with Crippen LogP contribution in [0.1, 0.15) is 21.5 Å². The fourth-order valence-electron chi connectivity index (χ4n) is 1.69. The Balaban J connectivity index is 2.10. The van der Waals surface area contributed by atoms with Gasteiger partial charge >= 0.3 is 5.97 Å². The molecule has 2 N–H and O–H groups in total. The fourth-order valence-corrected chi connectivity index (χ4v) is 2.17. The van der Waals surface area contributed by atoms with E-state index >= 15 is 0 Å². The van der Waals surface area contributed by atoms with Gasteiger partial charge in [0, 0.05) is 16.3 Å². The van der Waals surface area contributed by atoms with Gasteiger partial charge in [-0.1, -0.05) is 35.3 Å². The van der Waals surface area contributed by atoms with E-state index in [9.17, 15) is 4.79 Å². The predicted octanol–water partition coefficient (Wildman–Crippen LogP) is 4.24. The van der Waals surface area contributed by atoms with Crippen LogP contribution < -0.4 is 5.73 Å². The first kappa shape index (κ1) is 14.7. The van der Waals surface area contributed by atoms with Crippen molar-refractivity contribution in [1.82, 2.24) is 0 Å². The van der Waals surface area contributed by atoms with Crippen LogP contribution in [-0.2, 0) is 11.3 Å². The van der Waals surface area contributed by atoms with E-state index in [2.05, 4.69) is 0 Å². The highest BCUT2D eigenvalue weighted by atomic mass is 35.5. The van der Waals surface area contributed by atoms with E-state index < -0.39 is 5.97 Å². The zero-order chi connectivity index (χ0) is 14.7. The highest BCUT2D eigenvalue weighted by molar-refractivity contribution is 6.33. The molecule has 0 heterocycles. The number of benzene rings is 2. The largest absolute Gasteiger partial charge is 0.457 e. The standard InChI is InChI=1S/C15H13Cl2NO2/c1-9-2-3-10(14(17)6-9)8-20-15(19)12-7-11(18)4-5-13(12)16/h2-7H,8,18H2,1H3. The van der Waals surface area contributed by atoms with Gasteiger partial charge in [0.1, 0.15) is 6.61 Å². The number of ether oxygens (including phenoxy) is 1. The molecule has 0 spiro atoms. The summed E-state index contributed by atoms with van der Waals surface area (Å²) in [5.74, 6) is -0.529. The third-order valence-corrected chi connectivity index (χ3v) is 3.46. The van der Waals surface area contributed by atoms with Gasteiger partial charge in [0.05, 0.1) is 10.6 Å². The summed E-state index contributed by atoms with van der Waals surface area (Å²) in [7, 11) is 0. The van der Waals surface area contributed by atoms with Crippen molar-refractivity contribution < 1.29 is 9.53 Å². The Labute approximate surface area is 127 Å². The average Bonchev–Trinajstić information content (AvgIpc) is 2.40. The summed E-state index contributed by atoms with van der Waals surface area (Å²) in [4.78, 5) is 12.0. The molecule has 2 aromatic carbocycles. The second kappa shape index (κ2) is 6.16. The summed E-state index contributed by atoms with van der Waals surface area (Å²) in [6.07, 6.45) is 0. The molecule has 0 bridgehead atoms. The van der Waals surface area contributed by atoms with Crippen LogP contribution in [-0.4, -0.2) is 5.97 Å². The van der Waals surface area contributed by atoms with Crippen molar-refractivity contribution in [1.29, 1.82) is 0 Å². The van der Waals surface area contributed by atoms with E-state index in [1.54, 1.807) is 12.1 Å². The molecule has 2 aromatic rings. The summed E-state index contributed by atoms with van der Waals surface area (Å²) in [6.45, 7) is 2.03. The molecule has 0 aliphatic heterocycles. The molecule has 0 saturated heterocycles. The molecule has 0 atom stereocenters. The molecule has 3 nitrogen and oxygen atoms in total. The minimum atomic E-state index is -0.529. The molecular formula is C15H13Cl2NO2. The van der Waals surface area contributed by atoms with Crippen molar-refractivity contribution in [2.45, 2.75) is 13.5 Å². The fraction of sp³-hybridized carbons (Fsp3) is 0.133. The Hall–Kier alpha value is -1.71. The van der Waals surface area contributed by atoms with E-state index in [1.807, 2.05) is 25.1 Å². The van der Waals surface area contributed by atoms with Gasteiger partial charge < -0.3 is 10.5 Å². The maximum atomic E-state index is 12.0. The summed E-state index contributed by atoms with van der Waals surface area (Å²) < 4.78 is 5.21. The normalized spacial score (nSPS) is 10.3. The number of rotatable bonds is 3. The van der Waals surface area contributed by atoms with Crippen LogP contribution in [0, 0.1) is 6.92 Å². The van der Waals surface area contributed by atoms with Crippen molar-refractivity contribution in [2.75, 3.05) is 5.73 Å². The van der Waals surface area contributed by atoms with Gasteiger partial charge in [0.15, 0.2) is 0 Å². The summed E-state index contributed by atoms with van der Waals surface area (Å²) in [5, 5.41) is 0.871. The van der Waals surface area contributed by atoms with Crippen LogP contribution in [0.15, 0.2) is 36.4 Å². The first-order valence-electron chi connectivity index (χ1n) is 5.94. The number of anilines is 1. The Morgan fingerprint density at radius 1 is 1.15 bits per heavy atom. The molecule has 0 saturated carbocycles. The van der Waals surface area contributed by atoms with E-state index in [4.69, 9.17) is 33.7 Å². The second-order valence-corrected chi connectivity index (χ2v) is 5.22. The Morgan fingerprint density at radius 2 is 1.90 bits per heavy atom. The maximum Gasteiger partial charge on any atom is 0.340 e. The molecule has 0 aromatic heterocycles. The molecule has 0 fully saturated rings. The molecule has 5 heteroatoms. The van der Waals surface area contributed by atoms with Crippen LogP contribution in [0.2, 0.25) is 10.0 Å². The van der Waals surface area contributed by atoms with Gasteiger partial charge in [-0.25, -0.2) is 4.79 Å². The summed E-state index contributed by atoms with van der Waals surface area (Å²) in [5.41, 5.74) is 8.11. The number of carbonyl (C=O) groups excluding carboxylic acids is 1. The molecular weight excluding hydrogens is 297 g/mol. The highest BCUT2D eigenvalue weighted by Gasteiger charge is 2.13. The van der Waals surface area contributed by atoms with Crippen molar-refractivity contribution in [3.8, 4) is 0 Å².